The largest absolute Gasteiger partial charge is 0.340 e. The van der Waals surface area contributed by atoms with Crippen molar-refractivity contribution < 1.29 is 13.2 Å². The number of hydrogen-bond acceptors (Lipinski definition) is 3. The van der Waals surface area contributed by atoms with Crippen LogP contribution in [0.3, 0.4) is 0 Å². The number of sulfonamides is 1. The van der Waals surface area contributed by atoms with Crippen molar-refractivity contribution in [2.75, 3.05) is 26.4 Å². The maximum atomic E-state index is 12.2. The second-order valence-electron chi connectivity index (χ2n) is 5.19. The number of carbonyl (C=O) groups is 1. The quantitative estimate of drug-likeness (QED) is 0.734. The van der Waals surface area contributed by atoms with Crippen LogP contribution in [-0.2, 0) is 21.4 Å². The standard InChI is InChI=1S/C15H24N2O3S/c1-4-5-11-17(21(3,19)20)13-15(18)16(2)12-14-9-7-6-8-10-14/h6-10H,4-5,11-13H2,1-3H3. The smallest absolute Gasteiger partial charge is 0.237 e. The van der Waals surface area contributed by atoms with Crippen LogP contribution in [-0.4, -0.2) is 49.9 Å². The van der Waals surface area contributed by atoms with E-state index in [1.165, 1.54) is 4.31 Å². The molecule has 0 aromatic heterocycles. The van der Waals surface area contributed by atoms with Crippen molar-refractivity contribution in [1.82, 2.24) is 9.21 Å². The molecule has 0 spiro atoms. The summed E-state index contributed by atoms with van der Waals surface area (Å²) in [6.45, 7) is 2.76. The van der Waals surface area contributed by atoms with Gasteiger partial charge in [0, 0.05) is 20.1 Å². The van der Waals surface area contributed by atoms with Crippen LogP contribution < -0.4 is 0 Å². The minimum Gasteiger partial charge on any atom is -0.340 e. The summed E-state index contributed by atoms with van der Waals surface area (Å²) in [5.41, 5.74) is 1.02. The molecule has 1 rings (SSSR count). The van der Waals surface area contributed by atoms with Crippen molar-refractivity contribution in [3.05, 3.63) is 35.9 Å². The molecule has 0 aliphatic rings. The van der Waals surface area contributed by atoms with Gasteiger partial charge in [0.25, 0.3) is 0 Å². The molecule has 0 unspecified atom stereocenters. The molecular formula is C15H24N2O3S. The van der Waals surface area contributed by atoms with E-state index in [0.717, 1.165) is 24.7 Å². The Kier molecular flexibility index (Phi) is 6.84. The van der Waals surface area contributed by atoms with Gasteiger partial charge in [0.15, 0.2) is 0 Å². The van der Waals surface area contributed by atoms with Crippen LogP contribution in [0.1, 0.15) is 25.3 Å². The Morgan fingerprint density at radius 1 is 1.19 bits per heavy atom. The van der Waals surface area contributed by atoms with Crippen LogP contribution in [0, 0.1) is 0 Å². The van der Waals surface area contributed by atoms with Crippen LogP contribution in [0.5, 0.6) is 0 Å². The van der Waals surface area contributed by atoms with Gasteiger partial charge in [0.2, 0.25) is 15.9 Å². The molecule has 0 fully saturated rings. The number of carbonyl (C=O) groups excluding carboxylic acids is 1. The van der Waals surface area contributed by atoms with Gasteiger partial charge in [-0.15, -0.1) is 0 Å². The van der Waals surface area contributed by atoms with Gasteiger partial charge in [-0.05, 0) is 12.0 Å². The first-order valence-electron chi connectivity index (χ1n) is 7.07. The maximum Gasteiger partial charge on any atom is 0.237 e. The van der Waals surface area contributed by atoms with E-state index in [0.29, 0.717) is 13.1 Å². The van der Waals surface area contributed by atoms with Gasteiger partial charge < -0.3 is 4.90 Å². The molecular weight excluding hydrogens is 288 g/mol. The molecule has 0 saturated heterocycles. The Morgan fingerprint density at radius 3 is 2.33 bits per heavy atom. The zero-order chi connectivity index (χ0) is 15.9. The molecule has 5 nitrogen and oxygen atoms in total. The first kappa shape index (κ1) is 17.7. The maximum absolute atomic E-state index is 12.2. The molecule has 0 atom stereocenters. The Labute approximate surface area is 127 Å². The van der Waals surface area contributed by atoms with E-state index >= 15 is 0 Å². The van der Waals surface area contributed by atoms with Crippen LogP contribution in [0.25, 0.3) is 0 Å². The van der Waals surface area contributed by atoms with E-state index in [-0.39, 0.29) is 12.5 Å². The number of amides is 1. The number of nitrogens with zero attached hydrogens (tertiary/aromatic N) is 2. The summed E-state index contributed by atoms with van der Waals surface area (Å²) in [5, 5.41) is 0. The predicted octanol–water partition coefficient (Wildman–Crippen LogP) is 1.71. The van der Waals surface area contributed by atoms with Crippen molar-refractivity contribution in [1.29, 1.82) is 0 Å². The summed E-state index contributed by atoms with van der Waals surface area (Å²) in [4.78, 5) is 13.7. The lowest BCUT2D eigenvalue weighted by molar-refractivity contribution is -0.130. The fourth-order valence-corrected chi connectivity index (χ4v) is 2.72. The Morgan fingerprint density at radius 2 is 1.81 bits per heavy atom. The number of rotatable bonds is 8. The lowest BCUT2D eigenvalue weighted by Crippen LogP contribution is -2.41. The number of likely N-dealkylation sites (N-methyl/N-ethyl adjacent to an activating group) is 1. The van der Waals surface area contributed by atoms with E-state index in [2.05, 4.69) is 0 Å². The molecule has 1 aromatic carbocycles. The van der Waals surface area contributed by atoms with E-state index in [9.17, 15) is 13.2 Å². The highest BCUT2D eigenvalue weighted by Crippen LogP contribution is 2.06. The van der Waals surface area contributed by atoms with E-state index in [1.54, 1.807) is 11.9 Å². The molecule has 0 bridgehead atoms. The topological polar surface area (TPSA) is 57.7 Å². The minimum absolute atomic E-state index is 0.0951. The third-order valence-corrected chi connectivity index (χ3v) is 4.48. The van der Waals surface area contributed by atoms with Crippen molar-refractivity contribution in [2.45, 2.75) is 26.3 Å². The molecule has 1 amide bonds. The summed E-state index contributed by atoms with van der Waals surface area (Å²) >= 11 is 0. The van der Waals surface area contributed by atoms with Crippen LogP contribution in [0.15, 0.2) is 30.3 Å². The summed E-state index contributed by atoms with van der Waals surface area (Å²) in [7, 11) is -1.66. The van der Waals surface area contributed by atoms with Gasteiger partial charge in [-0.3, -0.25) is 4.79 Å². The average Bonchev–Trinajstić information content (AvgIpc) is 2.43. The second-order valence-corrected chi connectivity index (χ2v) is 7.17. The van der Waals surface area contributed by atoms with Crippen LogP contribution in [0.4, 0.5) is 0 Å². The van der Waals surface area contributed by atoms with E-state index in [1.807, 2.05) is 37.3 Å². The summed E-state index contributed by atoms with van der Waals surface area (Å²) in [5.74, 6) is -0.194. The average molecular weight is 312 g/mol. The summed E-state index contributed by atoms with van der Waals surface area (Å²) < 4.78 is 24.7. The molecule has 0 saturated carbocycles. The second kappa shape index (κ2) is 8.14. The zero-order valence-electron chi connectivity index (χ0n) is 12.9. The fraction of sp³-hybridized carbons (Fsp3) is 0.533. The van der Waals surface area contributed by atoms with Crippen molar-refractivity contribution in [3.63, 3.8) is 0 Å². The number of hydrogen-bond donors (Lipinski definition) is 0. The van der Waals surface area contributed by atoms with Crippen molar-refractivity contribution >= 4 is 15.9 Å². The third-order valence-electron chi connectivity index (χ3n) is 3.23. The SMILES string of the molecule is CCCCN(CC(=O)N(C)Cc1ccccc1)S(C)(=O)=O. The Bertz CT molecular complexity index is 543. The van der Waals surface area contributed by atoms with Gasteiger partial charge in [-0.2, -0.15) is 4.31 Å². The minimum atomic E-state index is -3.35. The normalized spacial score (nSPS) is 11.6. The molecule has 1 aromatic rings. The lowest BCUT2D eigenvalue weighted by atomic mass is 10.2. The Hall–Kier alpha value is -1.40. The van der Waals surface area contributed by atoms with Crippen LogP contribution in [0.2, 0.25) is 0 Å². The first-order chi connectivity index (χ1) is 9.84. The fourth-order valence-electron chi connectivity index (χ4n) is 1.91. The van der Waals surface area contributed by atoms with Crippen molar-refractivity contribution in [2.24, 2.45) is 0 Å². The monoisotopic (exact) mass is 312 g/mol. The lowest BCUT2D eigenvalue weighted by Gasteiger charge is -2.23. The van der Waals surface area contributed by atoms with Crippen molar-refractivity contribution in [3.8, 4) is 0 Å². The van der Waals surface area contributed by atoms with E-state index in [4.69, 9.17) is 0 Å². The van der Waals surface area contributed by atoms with Gasteiger partial charge in [-0.1, -0.05) is 43.7 Å². The van der Waals surface area contributed by atoms with Gasteiger partial charge >= 0.3 is 0 Å². The van der Waals surface area contributed by atoms with Crippen LogP contribution >= 0.6 is 0 Å². The highest BCUT2D eigenvalue weighted by atomic mass is 32.2. The van der Waals surface area contributed by atoms with E-state index < -0.39 is 10.0 Å². The first-order valence-corrected chi connectivity index (χ1v) is 8.92. The number of benzene rings is 1. The third kappa shape index (κ3) is 6.27. The highest BCUT2D eigenvalue weighted by Gasteiger charge is 2.21. The highest BCUT2D eigenvalue weighted by molar-refractivity contribution is 7.88. The Balaban J connectivity index is 2.64. The number of unbranched alkanes of at least 4 members (excludes halogenated alkanes) is 1. The van der Waals surface area contributed by atoms with Gasteiger partial charge in [0.1, 0.15) is 0 Å². The van der Waals surface area contributed by atoms with Gasteiger partial charge in [-0.25, -0.2) is 8.42 Å². The molecule has 118 valence electrons. The summed E-state index contributed by atoms with van der Waals surface area (Å²) in [6, 6.07) is 9.63. The molecule has 6 heteroatoms. The molecule has 0 aliphatic heterocycles. The molecule has 0 radical (unpaired) electrons. The van der Waals surface area contributed by atoms with Gasteiger partial charge in [0.05, 0.1) is 12.8 Å². The summed E-state index contributed by atoms with van der Waals surface area (Å²) in [6.07, 6.45) is 2.79. The molecule has 0 aliphatic carbocycles. The molecule has 0 N–H and O–H groups in total. The predicted molar refractivity (Wildman–Crippen MR) is 84.2 cm³/mol. The molecule has 21 heavy (non-hydrogen) atoms. The molecule has 0 heterocycles. The zero-order valence-corrected chi connectivity index (χ0v) is 13.8.